The maximum Gasteiger partial charge on any atom is 0.203 e. The quantitative estimate of drug-likeness (QED) is 0.283. The van der Waals surface area contributed by atoms with Gasteiger partial charge in [0, 0.05) is 55.1 Å². The third-order valence-electron chi connectivity index (χ3n) is 5.64. The second-order valence-electron chi connectivity index (χ2n) is 7.34. The molecule has 0 unspecified atom stereocenters. The van der Waals surface area contributed by atoms with Gasteiger partial charge in [0.2, 0.25) is 5.75 Å². The Hall–Kier alpha value is -1.91. The van der Waals surface area contributed by atoms with Gasteiger partial charge in [-0.2, -0.15) is 0 Å². The van der Waals surface area contributed by atoms with Crippen molar-refractivity contribution in [3.8, 4) is 17.2 Å². The smallest absolute Gasteiger partial charge is 0.203 e. The van der Waals surface area contributed by atoms with E-state index in [1.54, 1.807) is 28.4 Å². The van der Waals surface area contributed by atoms with Gasteiger partial charge >= 0.3 is 0 Å². The van der Waals surface area contributed by atoms with Crippen molar-refractivity contribution >= 4 is 47.2 Å². The first-order chi connectivity index (χ1) is 15.1. The molecule has 2 N–H and O–H groups in total. The summed E-state index contributed by atoms with van der Waals surface area (Å²) in [4.78, 5) is 4.39. The van der Waals surface area contributed by atoms with E-state index in [2.05, 4.69) is 21.7 Å². The number of nitrogens with zero attached hydrogens (tertiary/aromatic N) is 1. The highest BCUT2D eigenvalue weighted by atomic mass is 127. The maximum atomic E-state index is 6.57. The minimum atomic E-state index is -0.135. The maximum absolute atomic E-state index is 6.57. The van der Waals surface area contributed by atoms with Gasteiger partial charge in [-0.15, -0.1) is 24.0 Å². The largest absolute Gasteiger partial charge is 0.493 e. The van der Waals surface area contributed by atoms with Crippen LogP contribution in [0.15, 0.2) is 41.4 Å². The second-order valence-corrected chi connectivity index (χ2v) is 7.74. The monoisotopic (exact) mass is 575 g/mol. The summed E-state index contributed by atoms with van der Waals surface area (Å²) in [6.45, 7) is 2.07. The molecule has 1 saturated heterocycles. The van der Waals surface area contributed by atoms with Crippen LogP contribution in [-0.2, 0) is 10.2 Å². The molecule has 1 fully saturated rings. The fourth-order valence-electron chi connectivity index (χ4n) is 3.92. The number of halogens is 2. The summed E-state index contributed by atoms with van der Waals surface area (Å²) in [5.74, 6) is 2.30. The summed E-state index contributed by atoms with van der Waals surface area (Å²) in [5.41, 5.74) is 1.76. The van der Waals surface area contributed by atoms with Crippen molar-refractivity contribution < 1.29 is 18.9 Å². The lowest BCUT2D eigenvalue weighted by molar-refractivity contribution is 0.0515. The molecule has 1 aliphatic heterocycles. The predicted molar refractivity (Wildman–Crippen MR) is 140 cm³/mol. The highest BCUT2D eigenvalue weighted by Crippen LogP contribution is 2.40. The van der Waals surface area contributed by atoms with Gasteiger partial charge in [0.1, 0.15) is 0 Å². The Labute approximate surface area is 211 Å². The number of anilines is 1. The molecule has 1 aliphatic rings. The SMILES string of the molecule is CN=C(NCC1(c2ccccc2Cl)CCOCC1)Nc1cc(OC)c(OC)c(OC)c1.I. The molecular weight excluding hydrogens is 545 g/mol. The fraction of sp³-hybridized carbons (Fsp3) is 0.435. The van der Waals surface area contributed by atoms with E-state index < -0.39 is 0 Å². The van der Waals surface area contributed by atoms with E-state index in [0.29, 0.717) is 43.0 Å². The number of hydrogen-bond donors (Lipinski definition) is 2. The number of ether oxygens (including phenoxy) is 4. The van der Waals surface area contributed by atoms with E-state index in [4.69, 9.17) is 30.5 Å². The fourth-order valence-corrected chi connectivity index (χ4v) is 4.25. The molecular formula is C23H31ClIN3O4. The first kappa shape index (κ1) is 26.3. The zero-order valence-corrected chi connectivity index (χ0v) is 22.0. The average molecular weight is 576 g/mol. The molecule has 9 heteroatoms. The molecule has 3 rings (SSSR count). The highest BCUT2D eigenvalue weighted by molar-refractivity contribution is 14.0. The van der Waals surface area contributed by atoms with Crippen LogP contribution in [-0.4, -0.2) is 54.1 Å². The Bertz CT molecular complexity index is 895. The second kappa shape index (κ2) is 12.4. The number of nitrogens with one attached hydrogen (secondary N) is 2. The Morgan fingerprint density at radius 1 is 1.06 bits per heavy atom. The lowest BCUT2D eigenvalue weighted by Gasteiger charge is -2.38. The Kier molecular flexibility index (Phi) is 10.2. The van der Waals surface area contributed by atoms with Gasteiger partial charge in [-0.05, 0) is 24.5 Å². The van der Waals surface area contributed by atoms with Crippen LogP contribution < -0.4 is 24.8 Å². The van der Waals surface area contributed by atoms with Crippen LogP contribution in [0.1, 0.15) is 18.4 Å². The van der Waals surface area contributed by atoms with Gasteiger partial charge in [-0.25, -0.2) is 0 Å². The zero-order chi connectivity index (χ0) is 22.3. The summed E-state index contributed by atoms with van der Waals surface area (Å²) in [6, 6.07) is 11.7. The van der Waals surface area contributed by atoms with Gasteiger partial charge < -0.3 is 29.6 Å². The molecule has 2 aromatic rings. The van der Waals surface area contributed by atoms with Crippen molar-refractivity contribution in [1.29, 1.82) is 0 Å². The van der Waals surface area contributed by atoms with Crippen LogP contribution in [0.5, 0.6) is 17.2 Å². The van der Waals surface area contributed by atoms with E-state index in [-0.39, 0.29) is 29.4 Å². The van der Waals surface area contributed by atoms with E-state index in [1.165, 1.54) is 0 Å². The van der Waals surface area contributed by atoms with E-state index in [0.717, 1.165) is 29.1 Å². The van der Waals surface area contributed by atoms with Crippen LogP contribution in [0, 0.1) is 0 Å². The molecule has 32 heavy (non-hydrogen) atoms. The molecule has 0 amide bonds. The van der Waals surface area contributed by atoms with Crippen LogP contribution in [0.25, 0.3) is 0 Å². The van der Waals surface area contributed by atoms with Crippen molar-refractivity contribution in [2.75, 3.05) is 53.5 Å². The van der Waals surface area contributed by atoms with Crippen LogP contribution in [0.2, 0.25) is 5.02 Å². The molecule has 0 spiro atoms. The summed E-state index contributed by atoms with van der Waals surface area (Å²) in [7, 11) is 6.49. The van der Waals surface area contributed by atoms with E-state index in [9.17, 15) is 0 Å². The zero-order valence-electron chi connectivity index (χ0n) is 18.9. The summed E-state index contributed by atoms with van der Waals surface area (Å²) < 4.78 is 21.9. The number of rotatable bonds is 7. The van der Waals surface area contributed by atoms with Gasteiger partial charge in [-0.1, -0.05) is 29.8 Å². The summed E-state index contributed by atoms with van der Waals surface area (Å²) in [5, 5.41) is 7.56. The van der Waals surface area contributed by atoms with Crippen LogP contribution in [0.3, 0.4) is 0 Å². The average Bonchev–Trinajstić information content (AvgIpc) is 2.81. The van der Waals surface area contributed by atoms with Gasteiger partial charge in [0.25, 0.3) is 0 Å². The molecule has 2 aromatic carbocycles. The molecule has 7 nitrogen and oxygen atoms in total. The summed E-state index contributed by atoms with van der Waals surface area (Å²) in [6.07, 6.45) is 1.76. The Balaban J connectivity index is 0.00000363. The van der Waals surface area contributed by atoms with E-state index in [1.807, 2.05) is 30.3 Å². The van der Waals surface area contributed by atoms with E-state index >= 15 is 0 Å². The highest BCUT2D eigenvalue weighted by Gasteiger charge is 2.36. The standard InChI is InChI=1S/C23H30ClN3O4.HI/c1-25-22(27-16-13-19(28-2)21(30-4)20(14-16)29-3)26-15-23(9-11-31-12-10-23)17-7-5-6-8-18(17)24;/h5-8,13-14H,9-12,15H2,1-4H3,(H2,25,26,27);1H. The van der Waals surface area contributed by atoms with Crippen molar-refractivity contribution in [2.45, 2.75) is 18.3 Å². The molecule has 0 saturated carbocycles. The van der Waals surface area contributed by atoms with Crippen LogP contribution in [0.4, 0.5) is 5.69 Å². The molecule has 0 aliphatic carbocycles. The number of hydrogen-bond acceptors (Lipinski definition) is 5. The number of aliphatic imine (C=N–C) groups is 1. The Morgan fingerprint density at radius 3 is 2.22 bits per heavy atom. The van der Waals surface area contributed by atoms with Crippen molar-refractivity contribution in [3.63, 3.8) is 0 Å². The predicted octanol–water partition coefficient (Wildman–Crippen LogP) is 4.72. The number of guanidine groups is 1. The molecule has 0 bridgehead atoms. The third kappa shape index (κ3) is 5.90. The van der Waals surface area contributed by atoms with Crippen molar-refractivity contribution in [3.05, 3.63) is 47.0 Å². The topological polar surface area (TPSA) is 73.3 Å². The molecule has 1 heterocycles. The minimum Gasteiger partial charge on any atom is -0.493 e. The molecule has 0 radical (unpaired) electrons. The first-order valence-electron chi connectivity index (χ1n) is 10.2. The summed E-state index contributed by atoms with van der Waals surface area (Å²) >= 11 is 6.57. The van der Waals surface area contributed by atoms with Gasteiger partial charge in [0.05, 0.1) is 21.3 Å². The lowest BCUT2D eigenvalue weighted by atomic mass is 9.74. The van der Waals surface area contributed by atoms with Gasteiger partial charge in [-0.3, -0.25) is 4.99 Å². The third-order valence-corrected chi connectivity index (χ3v) is 5.97. The normalized spacial score (nSPS) is 15.3. The molecule has 0 atom stereocenters. The van der Waals surface area contributed by atoms with Gasteiger partial charge in [0.15, 0.2) is 17.5 Å². The minimum absolute atomic E-state index is 0. The van der Waals surface area contributed by atoms with Crippen molar-refractivity contribution in [2.24, 2.45) is 4.99 Å². The molecule has 0 aromatic heterocycles. The number of benzene rings is 2. The van der Waals surface area contributed by atoms with Crippen molar-refractivity contribution in [1.82, 2.24) is 5.32 Å². The first-order valence-corrected chi connectivity index (χ1v) is 10.5. The number of methoxy groups -OCH3 is 3. The Morgan fingerprint density at radius 2 is 1.69 bits per heavy atom. The molecule has 176 valence electrons. The lowest BCUT2D eigenvalue weighted by Crippen LogP contribution is -2.46. The van der Waals surface area contributed by atoms with Crippen LogP contribution >= 0.6 is 35.6 Å².